The molecule has 312 valence electrons. The number of carboxylic acid groups (broad SMARTS) is 1. The van der Waals surface area contributed by atoms with Gasteiger partial charge in [-0.15, -0.1) is 11.5 Å². The van der Waals surface area contributed by atoms with E-state index in [4.69, 9.17) is 14.0 Å². The Balaban J connectivity index is 4.47. The molecular weight excluding hydrogens is 709 g/mol. The average molecular weight is 784 g/mol. The molecule has 0 fully saturated rings. The molecule has 12 heteroatoms. The Morgan fingerprint density at radius 2 is 1.00 bits per heavy atom. The van der Waals surface area contributed by atoms with E-state index in [1.807, 2.05) is 0 Å². The first kappa shape index (κ1) is 51.5. The van der Waals surface area contributed by atoms with E-state index in [0.717, 1.165) is 77.0 Å². The number of ether oxygens (including phenoxy) is 2. The van der Waals surface area contributed by atoms with Gasteiger partial charge in [0.15, 0.2) is 6.10 Å². The van der Waals surface area contributed by atoms with Crippen molar-refractivity contribution in [2.75, 3.05) is 19.8 Å². The number of hydrogen-bond acceptors (Lipinski definition) is 9. The number of carbonyl (C=O) groups excluding carboxylic acids is 3. The first-order valence-corrected chi connectivity index (χ1v) is 22.4. The van der Waals surface area contributed by atoms with Crippen LogP contribution in [0.1, 0.15) is 181 Å². The fourth-order valence-electron chi connectivity index (χ4n) is 5.38. The van der Waals surface area contributed by atoms with E-state index in [-0.39, 0.29) is 19.4 Å². The number of hydrogen-bond donors (Lipinski definition) is 2. The highest BCUT2D eigenvalue weighted by Crippen LogP contribution is 2.43. The standard InChI is InChI=1S/C42H74NO10P/c1-3-5-7-9-11-13-15-17-19-21-23-25-27-29-31-33-40(44)50-35-38(36-51-54(48,49)52-37-39(43)42(46)47)53-41(45)34-32-30-28-26-24-22-20-18-16-14-12-10-8-6-4-2/h15-16,19-20,38-39H,3-14,21-37,43H2,1-2H3,(H,46,47)(H,48,49). The largest absolute Gasteiger partial charge is 0.544 e. The Hall–Kier alpha value is -2.48. The van der Waals surface area contributed by atoms with E-state index in [0.29, 0.717) is 12.8 Å². The number of esters is 2. The van der Waals surface area contributed by atoms with Crippen molar-refractivity contribution in [2.45, 2.75) is 193 Å². The van der Waals surface area contributed by atoms with Gasteiger partial charge in [0.05, 0.1) is 6.61 Å². The van der Waals surface area contributed by atoms with Gasteiger partial charge in [-0.05, 0) is 88.5 Å². The van der Waals surface area contributed by atoms with E-state index < -0.39 is 51.1 Å². The van der Waals surface area contributed by atoms with E-state index in [1.165, 1.54) is 64.2 Å². The minimum absolute atomic E-state index is 0.138. The molecule has 0 aromatic rings. The number of quaternary nitrogens is 1. The smallest absolute Gasteiger partial charge is 0.472 e. The maximum absolute atomic E-state index is 12.6. The third kappa shape index (κ3) is 36.5. The highest BCUT2D eigenvalue weighted by molar-refractivity contribution is 7.47. The first-order valence-electron chi connectivity index (χ1n) is 20.9. The van der Waals surface area contributed by atoms with Crippen LogP contribution in [0, 0.1) is 0 Å². The van der Waals surface area contributed by atoms with Crippen molar-refractivity contribution < 1.29 is 53.2 Å². The number of carbonyl (C=O) groups is 3. The van der Waals surface area contributed by atoms with E-state index >= 15 is 0 Å². The van der Waals surface area contributed by atoms with Crippen LogP contribution in [-0.2, 0) is 37.5 Å². The van der Waals surface area contributed by atoms with Gasteiger partial charge in [-0.3, -0.25) is 18.6 Å². The van der Waals surface area contributed by atoms with Crippen molar-refractivity contribution in [1.29, 1.82) is 0 Å². The summed E-state index contributed by atoms with van der Waals surface area (Å²) in [6.45, 7) is 2.78. The fourth-order valence-corrected chi connectivity index (χ4v) is 6.18. The van der Waals surface area contributed by atoms with Gasteiger partial charge in [0, 0.05) is 12.8 Å². The second-order valence-corrected chi connectivity index (χ2v) is 15.5. The number of phosphoric acid groups is 1. The van der Waals surface area contributed by atoms with Crippen LogP contribution in [0.4, 0.5) is 0 Å². The number of allylic oxidation sites excluding steroid dienone is 2. The van der Waals surface area contributed by atoms with Gasteiger partial charge < -0.3 is 30.0 Å². The molecule has 0 bridgehead atoms. The summed E-state index contributed by atoms with van der Waals surface area (Å²) in [5.41, 5.74) is 9.80. The number of phosphoric ester groups is 1. The normalized spacial score (nSPS) is 13.1. The highest BCUT2D eigenvalue weighted by atomic mass is 31.2. The third-order valence-electron chi connectivity index (χ3n) is 8.76. The van der Waals surface area contributed by atoms with Gasteiger partial charge >= 0.3 is 19.8 Å². The van der Waals surface area contributed by atoms with Gasteiger partial charge in [-0.1, -0.05) is 104 Å². The molecule has 0 spiro atoms. The zero-order chi connectivity index (χ0) is 40.0. The van der Waals surface area contributed by atoms with Crippen LogP contribution in [0.5, 0.6) is 0 Å². The molecule has 0 aliphatic rings. The number of carboxylic acids is 1. The van der Waals surface area contributed by atoms with Crippen molar-refractivity contribution in [2.24, 2.45) is 0 Å². The Morgan fingerprint density at radius 1 is 0.611 bits per heavy atom. The Kier molecular flexibility index (Phi) is 35.7. The first-order chi connectivity index (χ1) is 26.1. The fraction of sp³-hybridized carbons (Fsp3) is 0.786. The van der Waals surface area contributed by atoms with Crippen LogP contribution in [0.15, 0.2) is 35.8 Å². The van der Waals surface area contributed by atoms with Crippen LogP contribution in [0.3, 0.4) is 0 Å². The van der Waals surface area contributed by atoms with Gasteiger partial charge in [-0.25, -0.2) is 4.57 Å². The molecule has 0 saturated heterocycles. The summed E-state index contributed by atoms with van der Waals surface area (Å²) in [4.78, 5) is 45.8. The molecule has 3 atom stereocenters. The maximum atomic E-state index is 12.6. The quantitative estimate of drug-likeness (QED) is 0.0267. The van der Waals surface area contributed by atoms with Crippen molar-refractivity contribution in [3.05, 3.63) is 35.8 Å². The average Bonchev–Trinajstić information content (AvgIpc) is 3.14. The zero-order valence-electron chi connectivity index (χ0n) is 33.7. The molecule has 0 aliphatic carbocycles. The van der Waals surface area contributed by atoms with Crippen molar-refractivity contribution >= 4 is 25.7 Å². The molecule has 0 aliphatic heterocycles. The van der Waals surface area contributed by atoms with E-state index in [1.54, 1.807) is 0 Å². The molecular formula is C42H74NO10P. The zero-order valence-corrected chi connectivity index (χ0v) is 34.6. The van der Waals surface area contributed by atoms with Crippen LogP contribution < -0.4 is 10.8 Å². The van der Waals surface area contributed by atoms with Gasteiger partial charge in [0.25, 0.3) is 0 Å². The minimum atomic E-state index is -4.71. The lowest BCUT2D eigenvalue weighted by Crippen LogP contribution is -2.70. The molecule has 11 nitrogen and oxygen atoms in total. The van der Waals surface area contributed by atoms with Crippen LogP contribution in [0.25, 0.3) is 0 Å². The van der Waals surface area contributed by atoms with Gasteiger partial charge in [0.2, 0.25) is 0 Å². The van der Waals surface area contributed by atoms with Crippen molar-refractivity contribution in [1.82, 2.24) is 0 Å². The van der Waals surface area contributed by atoms with Crippen LogP contribution in [-0.4, -0.2) is 54.8 Å². The lowest BCUT2D eigenvalue weighted by Gasteiger charge is -2.20. The number of rotatable bonds is 38. The van der Waals surface area contributed by atoms with Crippen LogP contribution in [0.2, 0.25) is 0 Å². The molecule has 3 unspecified atom stereocenters. The van der Waals surface area contributed by atoms with Gasteiger partial charge in [-0.2, -0.15) is 0 Å². The van der Waals surface area contributed by atoms with E-state index in [2.05, 4.69) is 59.9 Å². The lowest BCUT2D eigenvalue weighted by molar-refractivity contribution is -0.440. The monoisotopic (exact) mass is 784 g/mol. The van der Waals surface area contributed by atoms with Crippen molar-refractivity contribution in [3.63, 3.8) is 0 Å². The summed E-state index contributed by atoms with van der Waals surface area (Å²) in [6, 6.07) is -1.39. The summed E-state index contributed by atoms with van der Waals surface area (Å²) >= 11 is 0. The summed E-state index contributed by atoms with van der Waals surface area (Å²) < 4.78 is 32.6. The number of aliphatic carboxylic acids is 1. The molecule has 0 heterocycles. The second-order valence-electron chi connectivity index (χ2n) is 14.0. The van der Waals surface area contributed by atoms with Gasteiger partial charge in [0.1, 0.15) is 25.2 Å². The molecule has 0 amide bonds. The molecule has 0 aromatic heterocycles. The Bertz CT molecular complexity index is 1130. The lowest BCUT2D eigenvalue weighted by atomic mass is 10.1. The van der Waals surface area contributed by atoms with Crippen LogP contribution >= 0.6 is 7.82 Å². The molecule has 0 aromatic carbocycles. The maximum Gasteiger partial charge on any atom is 0.472 e. The molecule has 0 radical (unpaired) electrons. The predicted octanol–water partition coefficient (Wildman–Crippen LogP) is 8.54. The summed E-state index contributed by atoms with van der Waals surface area (Å²) in [5.74, 6) is -2.56. The third-order valence-corrected chi connectivity index (χ3v) is 9.71. The van der Waals surface area contributed by atoms with Crippen molar-refractivity contribution in [3.8, 4) is 0 Å². The SMILES string of the molecule is CCCCCCCC=C=CCCCCCCCC(=O)OCC(COP(=O)(O)OCC([NH3+])C(=O)[O-])OC(=O)CCCCCCCC=C=CCCCCCCC. The summed E-state index contributed by atoms with van der Waals surface area (Å²) in [5, 5.41) is 10.8. The second kappa shape index (κ2) is 37.4. The molecule has 0 rings (SSSR count). The van der Waals surface area contributed by atoms with E-state index in [9.17, 15) is 28.9 Å². The minimum Gasteiger partial charge on any atom is -0.544 e. The Labute approximate surface area is 326 Å². The molecule has 0 saturated carbocycles. The molecule has 4 N–H and O–H groups in total. The summed E-state index contributed by atoms with van der Waals surface area (Å²) in [7, 11) is -4.71. The number of unbranched alkanes of at least 4 members (excludes halogenated alkanes) is 20. The Morgan fingerprint density at radius 3 is 1.44 bits per heavy atom. The topological polar surface area (TPSA) is 176 Å². The highest BCUT2D eigenvalue weighted by Gasteiger charge is 2.27. The summed E-state index contributed by atoms with van der Waals surface area (Å²) in [6.07, 6.45) is 33.8. The molecule has 54 heavy (non-hydrogen) atoms. The predicted molar refractivity (Wildman–Crippen MR) is 211 cm³/mol.